The number of oxazole rings is 1. The molecule has 0 radical (unpaired) electrons. The Morgan fingerprint density at radius 2 is 1.80 bits per heavy atom. The second kappa shape index (κ2) is 6.97. The van der Waals surface area contributed by atoms with E-state index in [4.69, 9.17) is 9.15 Å². The summed E-state index contributed by atoms with van der Waals surface area (Å²) in [6.45, 7) is 6.27. The van der Waals surface area contributed by atoms with Crippen LogP contribution < -0.4 is 10.5 Å². The SMILES string of the molecule is Cc1ccc(C)c(OC(=O)CCCn2c(=O)oc3ccccc32)c1C. The van der Waals surface area contributed by atoms with E-state index in [1.165, 1.54) is 0 Å². The van der Waals surface area contributed by atoms with E-state index in [-0.39, 0.29) is 12.4 Å². The molecule has 0 fully saturated rings. The van der Waals surface area contributed by atoms with Crippen LogP contribution in [0.25, 0.3) is 11.1 Å². The van der Waals surface area contributed by atoms with Crippen molar-refractivity contribution in [3.8, 4) is 5.75 Å². The van der Waals surface area contributed by atoms with Gasteiger partial charge in [0.25, 0.3) is 0 Å². The molecule has 5 nitrogen and oxygen atoms in total. The second-order valence-corrected chi connectivity index (χ2v) is 6.22. The summed E-state index contributed by atoms with van der Waals surface area (Å²) in [6, 6.07) is 11.2. The molecule has 0 amide bonds. The highest BCUT2D eigenvalue weighted by Crippen LogP contribution is 2.26. The fourth-order valence-corrected chi connectivity index (χ4v) is 2.85. The van der Waals surface area contributed by atoms with Gasteiger partial charge in [0.05, 0.1) is 5.52 Å². The van der Waals surface area contributed by atoms with Crippen molar-refractivity contribution in [3.05, 3.63) is 63.6 Å². The van der Waals surface area contributed by atoms with E-state index in [1.54, 1.807) is 10.6 Å². The van der Waals surface area contributed by atoms with Gasteiger partial charge in [-0.25, -0.2) is 4.79 Å². The van der Waals surface area contributed by atoms with Gasteiger partial charge in [-0.05, 0) is 56.0 Å². The van der Waals surface area contributed by atoms with Crippen LogP contribution in [0, 0.1) is 20.8 Å². The number of esters is 1. The largest absolute Gasteiger partial charge is 0.426 e. The lowest BCUT2D eigenvalue weighted by molar-refractivity contribution is -0.134. The molecule has 1 heterocycles. The Hall–Kier alpha value is -2.82. The zero-order chi connectivity index (χ0) is 18.0. The maximum Gasteiger partial charge on any atom is 0.419 e. The molecule has 0 N–H and O–H groups in total. The molecular formula is C20H21NO4. The maximum absolute atomic E-state index is 12.2. The molecule has 5 heteroatoms. The van der Waals surface area contributed by atoms with E-state index in [0.717, 1.165) is 22.2 Å². The van der Waals surface area contributed by atoms with Gasteiger partial charge in [-0.2, -0.15) is 0 Å². The molecule has 0 aliphatic carbocycles. The summed E-state index contributed by atoms with van der Waals surface area (Å²) in [6.07, 6.45) is 0.741. The van der Waals surface area contributed by atoms with Crippen LogP contribution in [0.2, 0.25) is 0 Å². The van der Waals surface area contributed by atoms with E-state index in [2.05, 4.69) is 0 Å². The molecular weight excluding hydrogens is 318 g/mol. The number of carbonyl (C=O) groups excluding carboxylic acids is 1. The molecule has 0 spiro atoms. The van der Waals surface area contributed by atoms with Crippen LogP contribution in [0.1, 0.15) is 29.5 Å². The number of aromatic nitrogens is 1. The number of nitrogens with zero attached hydrogens (tertiary/aromatic N) is 1. The molecule has 0 bridgehead atoms. The van der Waals surface area contributed by atoms with Crippen LogP contribution in [0.15, 0.2) is 45.6 Å². The first-order valence-electron chi connectivity index (χ1n) is 8.33. The highest BCUT2D eigenvalue weighted by Gasteiger charge is 2.13. The number of hydrogen-bond acceptors (Lipinski definition) is 4. The number of fused-ring (bicyclic) bond motifs is 1. The third kappa shape index (κ3) is 3.50. The zero-order valence-electron chi connectivity index (χ0n) is 14.7. The average Bonchev–Trinajstić information content (AvgIpc) is 2.91. The quantitative estimate of drug-likeness (QED) is 0.522. The standard InChI is InChI=1S/C20H21NO4/c1-13-10-11-14(2)19(15(13)3)25-18(22)9-6-12-21-16-7-4-5-8-17(16)24-20(21)23/h4-5,7-8,10-11H,6,9,12H2,1-3H3. The summed E-state index contributed by atoms with van der Waals surface area (Å²) in [7, 11) is 0. The van der Waals surface area contributed by atoms with Gasteiger partial charge in [0, 0.05) is 13.0 Å². The van der Waals surface area contributed by atoms with E-state index in [1.807, 2.05) is 51.1 Å². The lowest BCUT2D eigenvalue weighted by atomic mass is 10.1. The fraction of sp³-hybridized carbons (Fsp3) is 0.300. The van der Waals surface area contributed by atoms with Gasteiger partial charge >= 0.3 is 11.7 Å². The smallest absolute Gasteiger partial charge is 0.419 e. The first-order valence-corrected chi connectivity index (χ1v) is 8.33. The van der Waals surface area contributed by atoms with Crippen molar-refractivity contribution >= 4 is 17.1 Å². The van der Waals surface area contributed by atoms with Crippen molar-refractivity contribution in [3.63, 3.8) is 0 Å². The topological polar surface area (TPSA) is 61.4 Å². The number of ether oxygens (including phenoxy) is 1. The van der Waals surface area contributed by atoms with Crippen molar-refractivity contribution in [1.29, 1.82) is 0 Å². The summed E-state index contributed by atoms with van der Waals surface area (Å²) in [5.41, 5.74) is 4.30. The van der Waals surface area contributed by atoms with Gasteiger partial charge in [0.15, 0.2) is 5.58 Å². The number of benzene rings is 2. The molecule has 0 aliphatic heterocycles. The minimum atomic E-state index is -0.403. The normalized spacial score (nSPS) is 11.0. The highest BCUT2D eigenvalue weighted by molar-refractivity contribution is 5.74. The predicted octanol–water partition coefficient (Wildman–Crippen LogP) is 3.91. The van der Waals surface area contributed by atoms with Crippen molar-refractivity contribution < 1.29 is 13.9 Å². The Morgan fingerprint density at radius 1 is 1.08 bits per heavy atom. The van der Waals surface area contributed by atoms with Gasteiger partial charge < -0.3 is 9.15 Å². The molecule has 0 saturated heterocycles. The molecule has 2 aromatic carbocycles. The van der Waals surface area contributed by atoms with E-state index >= 15 is 0 Å². The highest BCUT2D eigenvalue weighted by atomic mass is 16.5. The maximum atomic E-state index is 12.2. The number of carbonyl (C=O) groups is 1. The van der Waals surface area contributed by atoms with Crippen LogP contribution >= 0.6 is 0 Å². The molecule has 0 atom stereocenters. The lowest BCUT2D eigenvalue weighted by Gasteiger charge is -2.12. The zero-order valence-corrected chi connectivity index (χ0v) is 14.7. The van der Waals surface area contributed by atoms with E-state index in [9.17, 15) is 9.59 Å². The molecule has 3 aromatic rings. The summed E-state index contributed by atoms with van der Waals surface area (Å²) in [5.74, 6) is -0.0616. The van der Waals surface area contributed by atoms with Crippen molar-refractivity contribution in [2.75, 3.05) is 0 Å². The van der Waals surface area contributed by atoms with Crippen LogP contribution in [0.5, 0.6) is 5.75 Å². The molecule has 0 unspecified atom stereocenters. The fourth-order valence-electron chi connectivity index (χ4n) is 2.85. The molecule has 1 aromatic heterocycles. The van der Waals surface area contributed by atoms with Gasteiger partial charge in [-0.1, -0.05) is 24.3 Å². The number of para-hydroxylation sites is 2. The van der Waals surface area contributed by atoms with Crippen LogP contribution in [-0.2, 0) is 11.3 Å². The third-order valence-electron chi connectivity index (χ3n) is 4.43. The summed E-state index contributed by atoms with van der Waals surface area (Å²) < 4.78 is 12.3. The van der Waals surface area contributed by atoms with Crippen molar-refractivity contribution in [1.82, 2.24) is 4.57 Å². The van der Waals surface area contributed by atoms with Crippen molar-refractivity contribution in [2.24, 2.45) is 0 Å². The van der Waals surface area contributed by atoms with Gasteiger partial charge in [-0.3, -0.25) is 9.36 Å². The predicted molar refractivity (Wildman–Crippen MR) is 96.0 cm³/mol. The lowest BCUT2D eigenvalue weighted by Crippen LogP contribution is -2.16. The van der Waals surface area contributed by atoms with Gasteiger partial charge in [0.1, 0.15) is 5.75 Å². The monoisotopic (exact) mass is 339 g/mol. The molecule has 25 heavy (non-hydrogen) atoms. The molecule has 3 rings (SSSR count). The second-order valence-electron chi connectivity index (χ2n) is 6.22. The summed E-state index contributed by atoms with van der Waals surface area (Å²) in [5, 5.41) is 0. The van der Waals surface area contributed by atoms with Gasteiger partial charge in [0.2, 0.25) is 0 Å². The molecule has 130 valence electrons. The Bertz CT molecular complexity index is 981. The number of hydrogen-bond donors (Lipinski definition) is 0. The minimum Gasteiger partial charge on any atom is -0.426 e. The van der Waals surface area contributed by atoms with E-state index < -0.39 is 5.76 Å². The Kier molecular flexibility index (Phi) is 4.74. The third-order valence-corrected chi connectivity index (χ3v) is 4.43. The van der Waals surface area contributed by atoms with Crippen LogP contribution in [-0.4, -0.2) is 10.5 Å². The Labute approximate surface area is 145 Å². The number of aryl methyl sites for hydroxylation is 3. The Morgan fingerprint density at radius 3 is 2.60 bits per heavy atom. The van der Waals surface area contributed by atoms with Gasteiger partial charge in [-0.15, -0.1) is 0 Å². The summed E-state index contributed by atoms with van der Waals surface area (Å²) in [4.78, 5) is 24.1. The average molecular weight is 339 g/mol. The Balaban J connectivity index is 1.64. The number of rotatable bonds is 5. The molecule has 0 saturated carbocycles. The van der Waals surface area contributed by atoms with Crippen LogP contribution in [0.3, 0.4) is 0 Å². The minimum absolute atomic E-state index is 0.235. The molecule has 0 aliphatic rings. The first-order chi connectivity index (χ1) is 12.0. The van der Waals surface area contributed by atoms with Crippen LogP contribution in [0.4, 0.5) is 0 Å². The summed E-state index contributed by atoms with van der Waals surface area (Å²) >= 11 is 0. The first kappa shape index (κ1) is 17.0. The van der Waals surface area contributed by atoms with Crippen molar-refractivity contribution in [2.45, 2.75) is 40.2 Å². The van der Waals surface area contributed by atoms with E-state index in [0.29, 0.717) is 24.3 Å².